The third kappa shape index (κ3) is 3.87. The lowest BCUT2D eigenvalue weighted by Crippen LogP contribution is -2.40. The molecule has 0 saturated heterocycles. The molecule has 176 valence electrons. The van der Waals surface area contributed by atoms with Crippen LogP contribution < -0.4 is 14.9 Å². The third-order valence-corrected chi connectivity index (χ3v) is 6.68. The number of carbonyl (C=O) groups is 1. The molecule has 5 rings (SSSR count). The van der Waals surface area contributed by atoms with Crippen molar-refractivity contribution in [3.63, 3.8) is 0 Å². The molecule has 2 aromatic heterocycles. The van der Waals surface area contributed by atoms with E-state index in [-0.39, 0.29) is 28.0 Å². The maximum atomic E-state index is 13.6. The van der Waals surface area contributed by atoms with Crippen molar-refractivity contribution in [2.45, 2.75) is 19.9 Å². The minimum Gasteiger partial charge on any atom is -0.463 e. The Bertz CT molecular complexity index is 1700. The average Bonchev–Trinajstić information content (AvgIpc) is 3.43. The molecule has 0 amide bonds. The van der Waals surface area contributed by atoms with E-state index in [1.807, 2.05) is 42.5 Å². The van der Waals surface area contributed by atoms with Crippen LogP contribution in [0.1, 0.15) is 31.2 Å². The predicted octanol–water partition coefficient (Wildman–Crippen LogP) is 3.45. The monoisotopic (exact) mass is 489 g/mol. The van der Waals surface area contributed by atoms with Gasteiger partial charge in [0.2, 0.25) is 0 Å². The number of nitrogens with zero attached hydrogens (tertiary/aromatic N) is 3. The van der Waals surface area contributed by atoms with Crippen molar-refractivity contribution in [1.29, 1.82) is 0 Å². The zero-order valence-corrected chi connectivity index (χ0v) is 19.6. The van der Waals surface area contributed by atoms with Gasteiger partial charge in [-0.25, -0.2) is 9.79 Å². The summed E-state index contributed by atoms with van der Waals surface area (Å²) in [7, 11) is 0. The van der Waals surface area contributed by atoms with Crippen molar-refractivity contribution in [3.05, 3.63) is 107 Å². The maximum Gasteiger partial charge on any atom is 0.433 e. The van der Waals surface area contributed by atoms with Crippen LogP contribution in [0.15, 0.2) is 80.1 Å². The largest absolute Gasteiger partial charge is 0.463 e. The lowest BCUT2D eigenvalue weighted by atomic mass is 9.91. The highest BCUT2D eigenvalue weighted by Gasteiger charge is 2.34. The number of aromatic nitrogens is 1. The summed E-state index contributed by atoms with van der Waals surface area (Å²) in [5, 5.41) is 12.8. The van der Waals surface area contributed by atoms with Crippen LogP contribution in [-0.2, 0) is 9.53 Å². The summed E-state index contributed by atoms with van der Waals surface area (Å²) in [5.41, 5.74) is 1.13. The summed E-state index contributed by atoms with van der Waals surface area (Å²) in [6, 6.07) is 15.4. The van der Waals surface area contributed by atoms with Gasteiger partial charge in [0.05, 0.1) is 34.5 Å². The molecule has 0 saturated carbocycles. The van der Waals surface area contributed by atoms with Gasteiger partial charge in [-0.1, -0.05) is 53.8 Å². The molecule has 1 aliphatic heterocycles. The van der Waals surface area contributed by atoms with E-state index in [4.69, 9.17) is 9.15 Å². The van der Waals surface area contributed by atoms with E-state index in [9.17, 15) is 19.7 Å². The molecular formula is C25H19N3O6S. The van der Waals surface area contributed by atoms with Crippen molar-refractivity contribution in [1.82, 2.24) is 4.57 Å². The molecule has 0 aliphatic carbocycles. The van der Waals surface area contributed by atoms with Gasteiger partial charge in [0.15, 0.2) is 4.80 Å². The Hall–Kier alpha value is -4.31. The van der Waals surface area contributed by atoms with E-state index in [1.54, 1.807) is 13.8 Å². The zero-order chi connectivity index (χ0) is 24.7. The highest BCUT2D eigenvalue weighted by molar-refractivity contribution is 7.07. The van der Waals surface area contributed by atoms with Crippen LogP contribution >= 0.6 is 11.3 Å². The number of carbonyl (C=O) groups excluding carboxylic acids is 1. The van der Waals surface area contributed by atoms with Crippen LogP contribution in [0.2, 0.25) is 0 Å². The number of hydrogen-bond acceptors (Lipinski definition) is 8. The van der Waals surface area contributed by atoms with Crippen molar-refractivity contribution in [2.24, 2.45) is 4.99 Å². The number of allylic oxidation sites excluding steroid dienone is 1. The van der Waals surface area contributed by atoms with Crippen molar-refractivity contribution in [3.8, 4) is 0 Å². The van der Waals surface area contributed by atoms with E-state index >= 15 is 0 Å². The van der Waals surface area contributed by atoms with Crippen LogP contribution in [-0.4, -0.2) is 22.1 Å². The molecular weight excluding hydrogens is 470 g/mol. The number of furan rings is 1. The Morgan fingerprint density at radius 2 is 2.00 bits per heavy atom. The Morgan fingerprint density at radius 3 is 2.74 bits per heavy atom. The molecule has 35 heavy (non-hydrogen) atoms. The Kier molecular flexibility index (Phi) is 5.65. The second-order valence-corrected chi connectivity index (χ2v) is 8.81. The molecule has 0 N–H and O–H groups in total. The number of rotatable bonds is 5. The van der Waals surface area contributed by atoms with E-state index in [2.05, 4.69) is 4.99 Å². The first-order valence-electron chi connectivity index (χ1n) is 10.8. The first-order chi connectivity index (χ1) is 16.9. The topological polar surface area (TPSA) is 117 Å². The molecule has 4 aromatic rings. The fraction of sp³-hybridized carbons (Fsp3) is 0.160. The van der Waals surface area contributed by atoms with Gasteiger partial charge in [-0.15, -0.1) is 0 Å². The van der Waals surface area contributed by atoms with Gasteiger partial charge in [-0.2, -0.15) is 0 Å². The first-order valence-corrected chi connectivity index (χ1v) is 11.6. The van der Waals surface area contributed by atoms with Gasteiger partial charge < -0.3 is 9.15 Å². The second-order valence-electron chi connectivity index (χ2n) is 7.80. The number of fused-ring (bicyclic) bond motifs is 2. The lowest BCUT2D eigenvalue weighted by molar-refractivity contribution is -0.402. The molecule has 0 radical (unpaired) electrons. The normalized spacial score (nSPS) is 15.7. The fourth-order valence-electron chi connectivity index (χ4n) is 4.22. The van der Waals surface area contributed by atoms with Gasteiger partial charge in [0.25, 0.3) is 5.56 Å². The zero-order valence-electron chi connectivity index (χ0n) is 18.8. The molecule has 0 fully saturated rings. The lowest BCUT2D eigenvalue weighted by Gasteiger charge is -2.25. The van der Waals surface area contributed by atoms with E-state index in [0.717, 1.165) is 27.7 Å². The molecule has 0 bridgehead atoms. The summed E-state index contributed by atoms with van der Waals surface area (Å²) in [4.78, 5) is 42.0. The Labute approximate surface area is 202 Å². The van der Waals surface area contributed by atoms with Crippen LogP contribution in [0.5, 0.6) is 0 Å². The number of nitro groups is 1. The number of hydrogen-bond donors (Lipinski definition) is 0. The number of esters is 1. The van der Waals surface area contributed by atoms with Crippen molar-refractivity contribution < 1.29 is 18.9 Å². The smallest absolute Gasteiger partial charge is 0.433 e. The quantitative estimate of drug-likeness (QED) is 0.241. The van der Waals surface area contributed by atoms with Crippen molar-refractivity contribution >= 4 is 40.0 Å². The van der Waals surface area contributed by atoms with Crippen LogP contribution in [0.3, 0.4) is 0 Å². The van der Waals surface area contributed by atoms with Crippen molar-refractivity contribution in [2.75, 3.05) is 6.61 Å². The minimum atomic E-state index is -0.760. The van der Waals surface area contributed by atoms with E-state index in [1.165, 1.54) is 22.8 Å². The van der Waals surface area contributed by atoms with Crippen LogP contribution in [0, 0.1) is 10.1 Å². The summed E-state index contributed by atoms with van der Waals surface area (Å²) < 4.78 is 12.3. The first kappa shape index (κ1) is 22.5. The standard InChI is InChI=1S/C25H19N3O6S/c1-3-33-24(30)21-14(2)26-25-27(22(21)18-10-6-8-15-7-4-5-9-17(15)18)23(29)19(35-25)13-16-11-12-20(34-16)28(31)32/h4-13,22H,3H2,1-2H3/b19-13+. The van der Waals surface area contributed by atoms with Crippen LogP contribution in [0.25, 0.3) is 16.8 Å². The molecule has 2 aromatic carbocycles. The molecule has 1 aliphatic rings. The van der Waals surface area contributed by atoms with Gasteiger partial charge in [-0.3, -0.25) is 19.5 Å². The highest BCUT2D eigenvalue weighted by atomic mass is 32.1. The number of thiazole rings is 1. The van der Waals surface area contributed by atoms with Gasteiger partial charge in [0, 0.05) is 6.08 Å². The molecule has 1 atom stereocenters. The Morgan fingerprint density at radius 1 is 1.23 bits per heavy atom. The molecule has 1 unspecified atom stereocenters. The number of ether oxygens (including phenoxy) is 1. The highest BCUT2D eigenvalue weighted by Crippen LogP contribution is 2.34. The van der Waals surface area contributed by atoms with E-state index in [0.29, 0.717) is 10.5 Å². The maximum absolute atomic E-state index is 13.6. The molecule has 0 spiro atoms. The molecule has 3 heterocycles. The summed E-state index contributed by atoms with van der Waals surface area (Å²) in [5.74, 6) is -0.786. The summed E-state index contributed by atoms with van der Waals surface area (Å²) in [6.07, 6.45) is 1.44. The SMILES string of the molecule is CCOC(=O)C1=C(C)N=c2s/c(=C/c3ccc([N+](=O)[O-])o3)c(=O)n2C1c1cccc2ccccc12. The van der Waals surface area contributed by atoms with Crippen LogP contribution in [0.4, 0.5) is 5.88 Å². The Balaban J connectivity index is 1.78. The van der Waals surface area contributed by atoms with Gasteiger partial charge in [0.1, 0.15) is 10.7 Å². The third-order valence-electron chi connectivity index (χ3n) is 5.70. The van der Waals surface area contributed by atoms with Gasteiger partial charge in [-0.05, 0) is 36.2 Å². The molecule has 9 nitrogen and oxygen atoms in total. The van der Waals surface area contributed by atoms with Gasteiger partial charge >= 0.3 is 11.9 Å². The minimum absolute atomic E-state index is 0.171. The van der Waals surface area contributed by atoms with E-state index < -0.39 is 22.8 Å². The second kappa shape index (κ2) is 8.80. The predicted molar refractivity (Wildman–Crippen MR) is 130 cm³/mol. The summed E-state index contributed by atoms with van der Waals surface area (Å²) >= 11 is 1.12. The molecule has 10 heteroatoms. The summed E-state index contributed by atoms with van der Waals surface area (Å²) in [6.45, 7) is 3.62. The average molecular weight is 490 g/mol. The number of benzene rings is 2. The fourth-order valence-corrected chi connectivity index (χ4v) is 5.25.